The molecule has 0 aromatic carbocycles. The zero-order valence-electron chi connectivity index (χ0n) is 14.8. The summed E-state index contributed by atoms with van der Waals surface area (Å²) in [4.78, 5) is 4.58. The van der Waals surface area contributed by atoms with Gasteiger partial charge in [0.2, 0.25) is 5.92 Å². The fourth-order valence-corrected chi connectivity index (χ4v) is 3.74. The van der Waals surface area contributed by atoms with Crippen LogP contribution < -0.4 is 0 Å². The van der Waals surface area contributed by atoms with Crippen LogP contribution in [0, 0.1) is 11.3 Å². The molecule has 0 spiro atoms. The number of alkyl halides is 2. The Hall–Kier alpha value is -0.930. The summed E-state index contributed by atoms with van der Waals surface area (Å²) < 4.78 is 28.9. The van der Waals surface area contributed by atoms with Gasteiger partial charge in [-0.25, -0.2) is 13.8 Å². The van der Waals surface area contributed by atoms with Gasteiger partial charge in [-0.2, -0.15) is 0 Å². The second-order valence-corrected chi connectivity index (χ2v) is 8.68. The lowest BCUT2D eigenvalue weighted by atomic mass is 9.68. The van der Waals surface area contributed by atoms with Crippen LogP contribution in [-0.4, -0.2) is 15.5 Å². The average molecular weight is 312 g/mol. The van der Waals surface area contributed by atoms with Crippen molar-refractivity contribution in [3.8, 4) is 0 Å². The molecule has 1 fully saturated rings. The molecule has 1 aromatic heterocycles. The molecule has 126 valence electrons. The molecule has 2 nitrogen and oxygen atoms in total. The van der Waals surface area contributed by atoms with Crippen molar-refractivity contribution in [1.82, 2.24) is 9.55 Å². The van der Waals surface area contributed by atoms with E-state index in [0.717, 1.165) is 12.2 Å². The normalized spacial score (nSPS) is 20.4. The summed E-state index contributed by atoms with van der Waals surface area (Å²) in [5.41, 5.74) is 1.25. The topological polar surface area (TPSA) is 17.8 Å². The highest BCUT2D eigenvalue weighted by atomic mass is 19.3. The highest BCUT2D eigenvalue weighted by Gasteiger charge is 2.40. The van der Waals surface area contributed by atoms with Crippen LogP contribution in [0.25, 0.3) is 0 Å². The number of hydrogen-bond acceptors (Lipinski definition) is 1. The zero-order chi connectivity index (χ0) is 16.8. The van der Waals surface area contributed by atoms with Gasteiger partial charge in [-0.05, 0) is 30.6 Å². The first kappa shape index (κ1) is 17.4. The summed E-state index contributed by atoms with van der Waals surface area (Å²) in [7, 11) is 2.06. The summed E-state index contributed by atoms with van der Waals surface area (Å²) in [6.45, 7) is 10.9. The first-order valence-corrected chi connectivity index (χ1v) is 8.31. The van der Waals surface area contributed by atoms with E-state index in [1.54, 1.807) is 0 Å². The van der Waals surface area contributed by atoms with Crippen molar-refractivity contribution in [3.63, 3.8) is 0 Å². The second kappa shape index (κ2) is 5.61. The minimum absolute atomic E-state index is 0.0179. The lowest BCUT2D eigenvalue weighted by Crippen LogP contribution is -2.34. The SMILES string of the molecule is Cn1c(CC(C)(C)C2CCC(F)(F)CC2)cnc1C(C)(C)C. The van der Waals surface area contributed by atoms with Crippen molar-refractivity contribution in [2.75, 3.05) is 0 Å². The summed E-state index contributed by atoms with van der Waals surface area (Å²) in [5.74, 6) is -1.01. The molecule has 0 aliphatic heterocycles. The molecule has 0 amide bonds. The maximum Gasteiger partial charge on any atom is 0.248 e. The third-order valence-corrected chi connectivity index (χ3v) is 5.21. The van der Waals surface area contributed by atoms with Gasteiger partial charge >= 0.3 is 0 Å². The molecule has 1 saturated carbocycles. The van der Waals surface area contributed by atoms with Crippen LogP contribution in [0.3, 0.4) is 0 Å². The van der Waals surface area contributed by atoms with Crippen LogP contribution in [-0.2, 0) is 18.9 Å². The molecule has 0 radical (unpaired) electrons. The molecule has 2 rings (SSSR count). The fraction of sp³-hybridized carbons (Fsp3) is 0.833. The van der Waals surface area contributed by atoms with Crippen LogP contribution >= 0.6 is 0 Å². The van der Waals surface area contributed by atoms with Gasteiger partial charge in [-0.3, -0.25) is 0 Å². The Morgan fingerprint density at radius 1 is 1.18 bits per heavy atom. The van der Waals surface area contributed by atoms with Crippen LogP contribution in [0.15, 0.2) is 6.20 Å². The van der Waals surface area contributed by atoms with Crippen molar-refractivity contribution in [2.24, 2.45) is 18.4 Å². The van der Waals surface area contributed by atoms with Gasteiger partial charge in [0.05, 0.1) is 0 Å². The quantitative estimate of drug-likeness (QED) is 0.758. The lowest BCUT2D eigenvalue weighted by molar-refractivity contribution is -0.0603. The van der Waals surface area contributed by atoms with Gasteiger partial charge in [0, 0.05) is 37.2 Å². The Morgan fingerprint density at radius 2 is 1.73 bits per heavy atom. The molecule has 4 heteroatoms. The van der Waals surface area contributed by atoms with Gasteiger partial charge < -0.3 is 4.57 Å². The Balaban J connectivity index is 2.11. The molecule has 0 saturated heterocycles. The summed E-state index contributed by atoms with van der Waals surface area (Å²) in [5, 5.41) is 0. The van der Waals surface area contributed by atoms with Gasteiger partial charge in [0.1, 0.15) is 5.82 Å². The first-order chi connectivity index (χ1) is 9.92. The predicted octanol–water partition coefficient (Wildman–Crippen LogP) is 5.11. The van der Waals surface area contributed by atoms with E-state index in [0.29, 0.717) is 18.8 Å². The lowest BCUT2D eigenvalue weighted by Gasteiger charge is -2.39. The summed E-state index contributed by atoms with van der Waals surface area (Å²) in [6.07, 6.45) is 4.19. The molecule has 0 unspecified atom stereocenters. The van der Waals surface area contributed by atoms with Crippen molar-refractivity contribution in [3.05, 3.63) is 17.7 Å². The molecule has 22 heavy (non-hydrogen) atoms. The van der Waals surface area contributed by atoms with E-state index >= 15 is 0 Å². The standard InChI is InChI=1S/C18H30F2N2/c1-16(2,3)15-21-12-14(22(15)6)11-17(4,5)13-7-9-18(19,20)10-8-13/h12-13H,7-11H2,1-6H3. The van der Waals surface area contributed by atoms with E-state index < -0.39 is 5.92 Å². The third kappa shape index (κ3) is 3.69. The van der Waals surface area contributed by atoms with Gasteiger partial charge in [-0.1, -0.05) is 34.6 Å². The first-order valence-electron chi connectivity index (χ1n) is 8.31. The van der Waals surface area contributed by atoms with Crippen LogP contribution in [0.2, 0.25) is 0 Å². The minimum atomic E-state index is -2.45. The van der Waals surface area contributed by atoms with Crippen LogP contribution in [0.1, 0.15) is 71.8 Å². The van der Waals surface area contributed by atoms with Crippen molar-refractivity contribution >= 4 is 0 Å². The maximum absolute atomic E-state index is 13.4. The summed E-state index contributed by atoms with van der Waals surface area (Å²) >= 11 is 0. The zero-order valence-corrected chi connectivity index (χ0v) is 14.8. The van der Waals surface area contributed by atoms with Gasteiger partial charge in [0.15, 0.2) is 0 Å². The number of aromatic nitrogens is 2. The van der Waals surface area contributed by atoms with Crippen molar-refractivity contribution < 1.29 is 8.78 Å². The monoisotopic (exact) mass is 312 g/mol. The minimum Gasteiger partial charge on any atom is -0.335 e. The molecule has 0 atom stereocenters. The van der Waals surface area contributed by atoms with Crippen molar-refractivity contribution in [2.45, 2.75) is 78.1 Å². The van der Waals surface area contributed by atoms with E-state index in [1.165, 1.54) is 5.69 Å². The predicted molar refractivity (Wildman–Crippen MR) is 86.3 cm³/mol. The molecule has 1 aliphatic carbocycles. The van der Waals surface area contributed by atoms with Gasteiger partial charge in [0.25, 0.3) is 0 Å². The highest BCUT2D eigenvalue weighted by Crippen LogP contribution is 2.45. The number of nitrogens with zero attached hydrogens (tertiary/aromatic N) is 2. The Morgan fingerprint density at radius 3 is 2.18 bits per heavy atom. The number of rotatable bonds is 3. The smallest absolute Gasteiger partial charge is 0.248 e. The van der Waals surface area contributed by atoms with E-state index in [9.17, 15) is 8.78 Å². The van der Waals surface area contributed by atoms with E-state index in [1.807, 2.05) is 6.20 Å². The van der Waals surface area contributed by atoms with Crippen molar-refractivity contribution in [1.29, 1.82) is 0 Å². The molecule has 1 aromatic rings. The second-order valence-electron chi connectivity index (χ2n) is 8.68. The largest absolute Gasteiger partial charge is 0.335 e. The Bertz CT molecular complexity index is 514. The van der Waals surface area contributed by atoms with Crippen LogP contribution in [0.4, 0.5) is 8.78 Å². The molecule has 0 bridgehead atoms. The van der Waals surface area contributed by atoms with E-state index in [4.69, 9.17) is 0 Å². The maximum atomic E-state index is 13.4. The van der Waals surface area contributed by atoms with E-state index in [2.05, 4.69) is 51.2 Å². The number of hydrogen-bond donors (Lipinski definition) is 0. The number of halogens is 2. The van der Waals surface area contributed by atoms with Crippen LogP contribution in [0.5, 0.6) is 0 Å². The molecule has 1 heterocycles. The molecular weight excluding hydrogens is 282 g/mol. The Labute approximate surface area is 133 Å². The Kier molecular flexibility index (Phi) is 4.44. The average Bonchev–Trinajstić information content (AvgIpc) is 2.69. The highest BCUT2D eigenvalue weighted by molar-refractivity contribution is 5.13. The third-order valence-electron chi connectivity index (χ3n) is 5.21. The van der Waals surface area contributed by atoms with E-state index in [-0.39, 0.29) is 23.7 Å². The summed E-state index contributed by atoms with van der Waals surface area (Å²) in [6, 6.07) is 0. The fourth-order valence-electron chi connectivity index (χ4n) is 3.74. The molecule has 1 aliphatic rings. The van der Waals surface area contributed by atoms with Gasteiger partial charge in [-0.15, -0.1) is 0 Å². The molecular formula is C18H30F2N2. The molecule has 0 N–H and O–H groups in total. The number of imidazole rings is 1.